The molecule has 0 radical (unpaired) electrons. The number of rotatable bonds is 5. The molecule has 0 aliphatic heterocycles. The quantitative estimate of drug-likeness (QED) is 0.218. The summed E-state index contributed by atoms with van der Waals surface area (Å²) in [5.41, 5.74) is 1.33. The van der Waals surface area contributed by atoms with Gasteiger partial charge < -0.3 is 9.30 Å². The maximum absolute atomic E-state index is 14.3. The smallest absolute Gasteiger partial charge is 0.261 e. The molecule has 0 bridgehead atoms. The van der Waals surface area contributed by atoms with E-state index in [2.05, 4.69) is 45.0 Å². The molecule has 0 saturated heterocycles. The molecule has 0 fully saturated rings. The molecule has 5 nitrogen and oxygen atoms in total. The number of halogens is 1. The van der Waals surface area contributed by atoms with E-state index >= 15 is 0 Å². The number of hydrogen-bond donors (Lipinski definition) is 0. The Morgan fingerprint density at radius 1 is 1.09 bits per heavy atom. The van der Waals surface area contributed by atoms with Crippen molar-refractivity contribution in [1.82, 2.24) is 14.1 Å². The highest BCUT2D eigenvalue weighted by Crippen LogP contribution is 2.36. The number of aryl methyl sites for hydroxylation is 1. The summed E-state index contributed by atoms with van der Waals surface area (Å²) in [6.45, 7) is 14.0. The average molecular weight is 454 g/mol. The predicted octanol–water partition coefficient (Wildman–Crippen LogP) is 5.79. The van der Waals surface area contributed by atoms with Gasteiger partial charge in [-0.25, -0.2) is 9.37 Å². The summed E-state index contributed by atoms with van der Waals surface area (Å²) in [5.74, 6) is 0.557. The molecule has 7 heteroatoms. The largest absolute Gasteiger partial charge is 0.361 e. The highest BCUT2D eigenvalue weighted by molar-refractivity contribution is 6.76. The molecule has 2 aromatic heterocycles. The van der Waals surface area contributed by atoms with Gasteiger partial charge in [0.2, 0.25) is 0 Å². The van der Waals surface area contributed by atoms with E-state index in [9.17, 15) is 9.18 Å². The first-order valence-corrected chi connectivity index (χ1v) is 14.8. The van der Waals surface area contributed by atoms with Crippen LogP contribution in [0.15, 0.2) is 35.3 Å². The summed E-state index contributed by atoms with van der Waals surface area (Å²) in [6, 6.07) is 7.59. The number of fused-ring (bicyclic) bond motifs is 6. The van der Waals surface area contributed by atoms with E-state index in [0.29, 0.717) is 17.4 Å². The van der Waals surface area contributed by atoms with Gasteiger partial charge in [-0.15, -0.1) is 0 Å². The van der Waals surface area contributed by atoms with Crippen LogP contribution in [-0.4, -0.2) is 28.8 Å². The van der Waals surface area contributed by atoms with Crippen LogP contribution in [0, 0.1) is 5.82 Å². The van der Waals surface area contributed by atoms with Crippen molar-refractivity contribution in [2.75, 3.05) is 6.61 Å². The van der Waals surface area contributed by atoms with Crippen LogP contribution in [0.1, 0.15) is 26.6 Å². The number of aromatic nitrogens is 3. The van der Waals surface area contributed by atoms with Gasteiger partial charge in [0, 0.05) is 49.5 Å². The third-order valence-corrected chi connectivity index (χ3v) is 7.62. The summed E-state index contributed by atoms with van der Waals surface area (Å²) >= 11 is 0. The van der Waals surface area contributed by atoms with Crippen LogP contribution < -0.4 is 5.56 Å². The van der Waals surface area contributed by atoms with Gasteiger partial charge in [0.25, 0.3) is 5.56 Å². The Morgan fingerprint density at radius 3 is 2.47 bits per heavy atom. The van der Waals surface area contributed by atoms with E-state index in [1.165, 1.54) is 12.1 Å². The first kappa shape index (κ1) is 22.7. The fourth-order valence-corrected chi connectivity index (χ4v) is 5.03. The maximum atomic E-state index is 14.3. The standard InChI is InChI=1S/C25H32FN3O2Si/c1-25(2,3)24-27-21-18-10-11-29(15-31-12-13-32(5,6)7)23(30)20(18)19-14-16(26)8-9-17(19)22(21)28(24)4/h8-11,14H,12-13,15H2,1-7H3. The Morgan fingerprint density at radius 2 is 1.81 bits per heavy atom. The van der Waals surface area contributed by atoms with Gasteiger partial charge in [0.1, 0.15) is 18.4 Å². The van der Waals surface area contributed by atoms with Crippen LogP contribution in [0.5, 0.6) is 0 Å². The minimum Gasteiger partial charge on any atom is -0.361 e. The lowest BCUT2D eigenvalue weighted by atomic mass is 9.96. The zero-order valence-corrected chi connectivity index (χ0v) is 21.0. The van der Waals surface area contributed by atoms with Crippen molar-refractivity contribution >= 4 is 40.7 Å². The summed E-state index contributed by atoms with van der Waals surface area (Å²) in [7, 11) is 0.775. The van der Waals surface area contributed by atoms with E-state index in [1.54, 1.807) is 16.8 Å². The molecule has 2 heterocycles. The van der Waals surface area contributed by atoms with Gasteiger partial charge in [-0.2, -0.15) is 0 Å². The van der Waals surface area contributed by atoms with Crippen molar-refractivity contribution in [1.29, 1.82) is 0 Å². The number of benzene rings is 2. The second kappa shape index (κ2) is 7.81. The molecule has 4 aromatic rings. The predicted molar refractivity (Wildman–Crippen MR) is 133 cm³/mol. The lowest BCUT2D eigenvalue weighted by molar-refractivity contribution is 0.0851. The fraction of sp³-hybridized carbons (Fsp3) is 0.440. The molecule has 0 saturated carbocycles. The van der Waals surface area contributed by atoms with Crippen LogP contribution >= 0.6 is 0 Å². The molecule has 0 unspecified atom stereocenters. The van der Waals surface area contributed by atoms with Crippen LogP contribution in [0.25, 0.3) is 32.6 Å². The highest BCUT2D eigenvalue weighted by Gasteiger charge is 2.25. The van der Waals surface area contributed by atoms with Gasteiger partial charge in [-0.05, 0) is 30.3 Å². The molecular weight excluding hydrogens is 421 g/mol. The van der Waals surface area contributed by atoms with E-state index in [4.69, 9.17) is 9.72 Å². The van der Waals surface area contributed by atoms with Crippen molar-refractivity contribution in [2.24, 2.45) is 7.05 Å². The summed E-state index contributed by atoms with van der Waals surface area (Å²) < 4.78 is 23.8. The minimum atomic E-state index is -1.21. The van der Waals surface area contributed by atoms with Crippen LogP contribution in [-0.2, 0) is 23.9 Å². The topological polar surface area (TPSA) is 49.0 Å². The Balaban J connectivity index is 1.96. The SMILES string of the molecule is Cn1c(C(C)(C)C)nc2c3ccn(COCC[Si](C)(C)C)c(=O)c3c3cc(F)ccc3c21. The van der Waals surface area contributed by atoms with Crippen molar-refractivity contribution in [3.05, 3.63) is 52.5 Å². The second-order valence-electron chi connectivity index (χ2n) is 10.9. The number of pyridine rings is 1. The van der Waals surface area contributed by atoms with Crippen molar-refractivity contribution in [2.45, 2.75) is 58.6 Å². The summed E-state index contributed by atoms with van der Waals surface area (Å²) in [6.07, 6.45) is 1.76. The second-order valence-corrected chi connectivity index (χ2v) is 16.5. The summed E-state index contributed by atoms with van der Waals surface area (Å²) in [5, 5.41) is 2.67. The van der Waals surface area contributed by atoms with Crippen molar-refractivity contribution < 1.29 is 9.13 Å². The van der Waals surface area contributed by atoms with E-state index in [-0.39, 0.29) is 23.5 Å². The van der Waals surface area contributed by atoms with Crippen LogP contribution in [0.2, 0.25) is 25.7 Å². The molecular formula is C25H32FN3O2Si. The molecule has 0 aliphatic carbocycles. The zero-order chi connectivity index (χ0) is 23.4. The third-order valence-electron chi connectivity index (χ3n) is 5.92. The highest BCUT2D eigenvalue weighted by atomic mass is 28.3. The average Bonchev–Trinajstić information content (AvgIpc) is 3.03. The van der Waals surface area contributed by atoms with Gasteiger partial charge in [-0.3, -0.25) is 9.36 Å². The molecule has 0 aliphatic rings. The van der Waals surface area contributed by atoms with Gasteiger partial charge in [0.05, 0.1) is 16.4 Å². The molecule has 0 atom stereocenters. The molecule has 2 aromatic carbocycles. The third kappa shape index (κ3) is 3.99. The Labute approximate surface area is 188 Å². The van der Waals surface area contributed by atoms with Gasteiger partial charge in [-0.1, -0.05) is 40.4 Å². The first-order valence-electron chi connectivity index (χ1n) is 11.1. The Bertz CT molecular complexity index is 1390. The zero-order valence-electron chi connectivity index (χ0n) is 20.0. The normalized spacial score (nSPS) is 13.0. The monoisotopic (exact) mass is 453 g/mol. The molecule has 0 N–H and O–H groups in total. The molecule has 0 spiro atoms. The molecule has 170 valence electrons. The van der Waals surface area contributed by atoms with Crippen molar-refractivity contribution in [3.8, 4) is 0 Å². The Kier molecular flexibility index (Phi) is 5.54. The number of nitrogens with zero attached hydrogens (tertiary/aromatic N) is 3. The van der Waals surface area contributed by atoms with Gasteiger partial charge >= 0.3 is 0 Å². The first-order chi connectivity index (χ1) is 14.9. The number of hydrogen-bond acceptors (Lipinski definition) is 3. The lowest BCUT2D eigenvalue weighted by Crippen LogP contribution is -2.24. The van der Waals surface area contributed by atoms with E-state index in [0.717, 1.165) is 33.7 Å². The fourth-order valence-electron chi connectivity index (χ4n) is 4.27. The van der Waals surface area contributed by atoms with E-state index < -0.39 is 8.07 Å². The minimum absolute atomic E-state index is 0.175. The van der Waals surface area contributed by atoms with Gasteiger partial charge in [0.15, 0.2) is 0 Å². The van der Waals surface area contributed by atoms with Crippen LogP contribution in [0.3, 0.4) is 0 Å². The summed E-state index contributed by atoms with van der Waals surface area (Å²) in [4.78, 5) is 18.5. The molecule has 32 heavy (non-hydrogen) atoms. The molecule has 4 rings (SSSR count). The Hall–Kier alpha value is -2.51. The lowest BCUT2D eigenvalue weighted by Gasteiger charge is -2.17. The van der Waals surface area contributed by atoms with Crippen molar-refractivity contribution in [3.63, 3.8) is 0 Å². The van der Waals surface area contributed by atoms with E-state index in [1.807, 2.05) is 13.1 Å². The number of imidazole rings is 1. The van der Waals surface area contributed by atoms with Crippen LogP contribution in [0.4, 0.5) is 4.39 Å². The maximum Gasteiger partial charge on any atom is 0.261 e. The molecule has 0 amide bonds. The number of ether oxygens (including phenoxy) is 1.